The number of anilines is 1. The Bertz CT molecular complexity index is 1010. The highest BCUT2D eigenvalue weighted by Crippen LogP contribution is 2.38. The second-order valence-electron chi connectivity index (χ2n) is 7.27. The van der Waals surface area contributed by atoms with Crippen LogP contribution in [-0.4, -0.2) is 23.3 Å². The smallest absolute Gasteiger partial charge is 0.257 e. The van der Waals surface area contributed by atoms with Crippen molar-refractivity contribution in [3.8, 4) is 0 Å². The molecule has 3 aromatic rings. The van der Waals surface area contributed by atoms with Gasteiger partial charge in [0.05, 0.1) is 11.6 Å². The van der Waals surface area contributed by atoms with E-state index in [0.717, 1.165) is 35.4 Å². The number of benzene rings is 2. The predicted molar refractivity (Wildman–Crippen MR) is 115 cm³/mol. The van der Waals surface area contributed by atoms with Gasteiger partial charge in [0, 0.05) is 17.0 Å². The van der Waals surface area contributed by atoms with Crippen molar-refractivity contribution >= 4 is 28.3 Å². The molecule has 1 aromatic heterocycles. The van der Waals surface area contributed by atoms with Crippen molar-refractivity contribution in [1.29, 1.82) is 0 Å². The molecule has 0 saturated carbocycles. The van der Waals surface area contributed by atoms with Crippen LogP contribution < -0.4 is 10.6 Å². The SMILES string of the molecule is Cc1ccc(C(=O)Nc2nc3c(s2)CC[C@@H]3C(=O)NCCc2ccccc2)cc1. The van der Waals surface area contributed by atoms with Gasteiger partial charge in [0.15, 0.2) is 5.13 Å². The van der Waals surface area contributed by atoms with Crippen molar-refractivity contribution in [2.24, 2.45) is 0 Å². The fourth-order valence-electron chi connectivity index (χ4n) is 3.51. The topological polar surface area (TPSA) is 71.1 Å². The molecule has 0 aliphatic heterocycles. The van der Waals surface area contributed by atoms with Crippen LogP contribution in [0.5, 0.6) is 0 Å². The van der Waals surface area contributed by atoms with Gasteiger partial charge in [-0.1, -0.05) is 48.0 Å². The largest absolute Gasteiger partial charge is 0.355 e. The molecular formula is C23H23N3O2S. The quantitative estimate of drug-likeness (QED) is 0.649. The van der Waals surface area contributed by atoms with Gasteiger partial charge in [0.2, 0.25) is 5.91 Å². The minimum Gasteiger partial charge on any atom is -0.355 e. The van der Waals surface area contributed by atoms with Crippen LogP contribution in [0.2, 0.25) is 0 Å². The molecule has 6 heteroatoms. The molecule has 1 aliphatic carbocycles. The highest BCUT2D eigenvalue weighted by Gasteiger charge is 2.32. The first-order valence-electron chi connectivity index (χ1n) is 9.79. The van der Waals surface area contributed by atoms with Crippen molar-refractivity contribution in [1.82, 2.24) is 10.3 Å². The Morgan fingerprint density at radius 2 is 1.86 bits per heavy atom. The second kappa shape index (κ2) is 8.57. The van der Waals surface area contributed by atoms with Crippen LogP contribution in [0.4, 0.5) is 5.13 Å². The molecule has 0 bridgehead atoms. The Morgan fingerprint density at radius 1 is 1.10 bits per heavy atom. The number of thiazole rings is 1. The van der Waals surface area contributed by atoms with Crippen LogP contribution in [0.15, 0.2) is 54.6 Å². The van der Waals surface area contributed by atoms with E-state index in [9.17, 15) is 9.59 Å². The molecule has 1 atom stereocenters. The first-order valence-corrected chi connectivity index (χ1v) is 10.6. The van der Waals surface area contributed by atoms with E-state index in [1.165, 1.54) is 16.9 Å². The molecule has 0 unspecified atom stereocenters. The number of aromatic nitrogens is 1. The molecule has 2 aromatic carbocycles. The van der Waals surface area contributed by atoms with Crippen LogP contribution in [0.3, 0.4) is 0 Å². The highest BCUT2D eigenvalue weighted by atomic mass is 32.1. The van der Waals surface area contributed by atoms with E-state index in [1.54, 1.807) is 12.1 Å². The standard InChI is InChI=1S/C23H23N3O2S/c1-15-7-9-17(10-8-15)21(27)26-23-25-20-18(11-12-19(20)29-23)22(28)24-14-13-16-5-3-2-4-6-16/h2-10,18H,11-14H2,1H3,(H,24,28)(H,25,26,27)/t18-/m0/s1. The minimum atomic E-state index is -0.234. The number of hydrogen-bond acceptors (Lipinski definition) is 4. The fourth-order valence-corrected chi connectivity index (χ4v) is 4.54. The molecule has 4 rings (SSSR count). The molecule has 0 spiro atoms. The van der Waals surface area contributed by atoms with E-state index in [0.29, 0.717) is 17.2 Å². The summed E-state index contributed by atoms with van der Waals surface area (Å²) in [6.07, 6.45) is 2.41. The van der Waals surface area contributed by atoms with Gasteiger partial charge in [-0.2, -0.15) is 0 Å². The lowest BCUT2D eigenvalue weighted by atomic mass is 10.1. The number of rotatable bonds is 6. The summed E-state index contributed by atoms with van der Waals surface area (Å²) in [4.78, 5) is 30.7. The number of aryl methyl sites for hydroxylation is 2. The number of carbonyl (C=O) groups excluding carboxylic acids is 2. The number of amides is 2. The second-order valence-corrected chi connectivity index (χ2v) is 8.35. The summed E-state index contributed by atoms with van der Waals surface area (Å²) < 4.78 is 0. The molecule has 0 radical (unpaired) electrons. The van der Waals surface area contributed by atoms with Gasteiger partial charge in [-0.3, -0.25) is 14.9 Å². The third-order valence-electron chi connectivity index (χ3n) is 5.12. The van der Waals surface area contributed by atoms with E-state index in [2.05, 4.69) is 27.8 Å². The summed E-state index contributed by atoms with van der Waals surface area (Å²) in [7, 11) is 0. The zero-order valence-electron chi connectivity index (χ0n) is 16.3. The monoisotopic (exact) mass is 405 g/mol. The molecule has 0 saturated heterocycles. The Balaban J connectivity index is 1.36. The zero-order chi connectivity index (χ0) is 20.2. The van der Waals surface area contributed by atoms with Crippen LogP contribution in [-0.2, 0) is 17.6 Å². The van der Waals surface area contributed by atoms with Gasteiger partial charge in [-0.25, -0.2) is 4.98 Å². The van der Waals surface area contributed by atoms with E-state index in [-0.39, 0.29) is 17.7 Å². The average Bonchev–Trinajstić information content (AvgIpc) is 3.29. The molecule has 148 valence electrons. The molecule has 5 nitrogen and oxygen atoms in total. The van der Waals surface area contributed by atoms with Crippen LogP contribution in [0.1, 0.15) is 44.4 Å². The van der Waals surface area contributed by atoms with E-state index in [4.69, 9.17) is 0 Å². The average molecular weight is 406 g/mol. The maximum atomic E-state index is 12.6. The van der Waals surface area contributed by atoms with Gasteiger partial charge in [-0.05, 0) is 43.9 Å². The van der Waals surface area contributed by atoms with Gasteiger partial charge < -0.3 is 5.32 Å². The molecule has 29 heavy (non-hydrogen) atoms. The van der Waals surface area contributed by atoms with Gasteiger partial charge in [0.25, 0.3) is 5.91 Å². The predicted octanol–water partition coefficient (Wildman–Crippen LogP) is 4.09. The van der Waals surface area contributed by atoms with Crippen LogP contribution in [0.25, 0.3) is 0 Å². The van der Waals surface area contributed by atoms with Gasteiger partial charge in [0.1, 0.15) is 0 Å². The first kappa shape index (κ1) is 19.3. The van der Waals surface area contributed by atoms with Crippen molar-refractivity contribution < 1.29 is 9.59 Å². The molecule has 1 aliphatic rings. The van der Waals surface area contributed by atoms with Crippen molar-refractivity contribution in [2.45, 2.75) is 32.1 Å². The number of fused-ring (bicyclic) bond motifs is 1. The lowest BCUT2D eigenvalue weighted by Gasteiger charge is -2.11. The zero-order valence-corrected chi connectivity index (χ0v) is 17.1. The Labute approximate surface area is 174 Å². The van der Waals surface area contributed by atoms with E-state index < -0.39 is 0 Å². The van der Waals surface area contributed by atoms with Gasteiger partial charge >= 0.3 is 0 Å². The van der Waals surface area contributed by atoms with Crippen molar-refractivity contribution in [3.05, 3.63) is 81.9 Å². The van der Waals surface area contributed by atoms with Crippen LogP contribution in [0, 0.1) is 6.92 Å². The number of nitrogens with one attached hydrogen (secondary N) is 2. The summed E-state index contributed by atoms with van der Waals surface area (Å²) in [5.41, 5.74) is 3.72. The molecular weight excluding hydrogens is 382 g/mol. The maximum absolute atomic E-state index is 12.6. The lowest BCUT2D eigenvalue weighted by molar-refractivity contribution is -0.122. The summed E-state index contributed by atoms with van der Waals surface area (Å²) in [5, 5.41) is 6.46. The fraction of sp³-hybridized carbons (Fsp3) is 0.261. The van der Waals surface area contributed by atoms with E-state index in [1.807, 2.05) is 37.3 Å². The molecule has 1 heterocycles. The summed E-state index contributed by atoms with van der Waals surface area (Å²) in [5.74, 6) is -0.398. The number of hydrogen-bond donors (Lipinski definition) is 2. The third-order valence-corrected chi connectivity index (χ3v) is 6.17. The van der Waals surface area contributed by atoms with Crippen LogP contribution >= 0.6 is 11.3 Å². The first-order chi connectivity index (χ1) is 14.1. The molecule has 2 amide bonds. The molecule has 2 N–H and O–H groups in total. The summed E-state index contributed by atoms with van der Waals surface area (Å²) in [6.45, 7) is 2.59. The minimum absolute atomic E-state index is 0.0152. The molecule has 0 fully saturated rings. The Hall–Kier alpha value is -2.99. The number of carbonyl (C=O) groups is 2. The lowest BCUT2D eigenvalue weighted by Crippen LogP contribution is -2.30. The number of nitrogens with zero attached hydrogens (tertiary/aromatic N) is 1. The summed E-state index contributed by atoms with van der Waals surface area (Å²) in [6, 6.07) is 17.5. The highest BCUT2D eigenvalue weighted by molar-refractivity contribution is 7.16. The summed E-state index contributed by atoms with van der Waals surface area (Å²) >= 11 is 1.47. The maximum Gasteiger partial charge on any atom is 0.257 e. The van der Waals surface area contributed by atoms with Gasteiger partial charge in [-0.15, -0.1) is 11.3 Å². The third kappa shape index (κ3) is 4.54. The van der Waals surface area contributed by atoms with E-state index >= 15 is 0 Å². The van der Waals surface area contributed by atoms with Crippen molar-refractivity contribution in [2.75, 3.05) is 11.9 Å². The Morgan fingerprint density at radius 3 is 2.62 bits per heavy atom. The Kier molecular flexibility index (Phi) is 5.71. The normalized spacial score (nSPS) is 15.0. The van der Waals surface area contributed by atoms with Crippen molar-refractivity contribution in [3.63, 3.8) is 0 Å².